The molecule has 0 aromatic rings. The summed E-state index contributed by atoms with van der Waals surface area (Å²) in [6, 6.07) is 0. The summed E-state index contributed by atoms with van der Waals surface area (Å²) in [5.41, 5.74) is 0. The van der Waals surface area contributed by atoms with Crippen LogP contribution in [0, 0.1) is 0 Å². The van der Waals surface area contributed by atoms with Crippen molar-refractivity contribution in [2.24, 2.45) is 0 Å². The van der Waals surface area contributed by atoms with Gasteiger partial charge in [0.1, 0.15) is 6.61 Å². The minimum absolute atomic E-state index is 0.202. The number of hydrogen-bond donors (Lipinski definition) is 2. The summed E-state index contributed by atoms with van der Waals surface area (Å²) >= 11 is 0. The first-order valence-electron chi connectivity index (χ1n) is 18.6. The van der Waals surface area contributed by atoms with E-state index in [9.17, 15) is 14.2 Å². The van der Waals surface area contributed by atoms with Gasteiger partial charge in [0, 0.05) is 12.8 Å². The number of hydrogen-bond acceptors (Lipinski definition) is 6. The Morgan fingerprint density at radius 2 is 0.913 bits per heavy atom. The molecule has 0 aliphatic heterocycles. The van der Waals surface area contributed by atoms with Crippen molar-refractivity contribution in [3.63, 3.8) is 0 Å². The highest BCUT2D eigenvalue weighted by atomic mass is 31.2. The average molecular weight is 673 g/mol. The van der Waals surface area contributed by atoms with Crippen molar-refractivity contribution >= 4 is 19.8 Å². The van der Waals surface area contributed by atoms with Gasteiger partial charge in [-0.15, -0.1) is 0 Å². The summed E-state index contributed by atoms with van der Waals surface area (Å²) in [6.07, 6.45) is 36.1. The standard InChI is InChI=1S/C37H69O8P/c1-3-5-7-9-11-13-15-17-18-20-22-24-26-28-30-32-37(39)45-35(34-44-46(40,41)42)33-43-36(38)31-29-27-25-23-21-19-16-14-12-10-8-6-4-2/h14,16-18,35H,3-13,15,19-34H2,1-2H3,(H2,40,41,42)/b16-14-,18-17-/t35-/m1/s1. The van der Waals surface area contributed by atoms with Gasteiger partial charge in [-0.2, -0.15) is 0 Å². The molecule has 0 aromatic heterocycles. The van der Waals surface area contributed by atoms with E-state index in [2.05, 4.69) is 42.7 Å². The fourth-order valence-electron chi connectivity index (χ4n) is 5.13. The van der Waals surface area contributed by atoms with E-state index < -0.39 is 32.5 Å². The number of rotatable bonds is 34. The topological polar surface area (TPSA) is 119 Å². The minimum Gasteiger partial charge on any atom is -0.462 e. The molecule has 0 heterocycles. The maximum absolute atomic E-state index is 12.3. The molecule has 46 heavy (non-hydrogen) atoms. The molecule has 270 valence electrons. The number of esters is 2. The summed E-state index contributed by atoms with van der Waals surface area (Å²) in [4.78, 5) is 42.6. The van der Waals surface area contributed by atoms with Crippen LogP contribution in [0.5, 0.6) is 0 Å². The van der Waals surface area contributed by atoms with Crippen LogP contribution >= 0.6 is 7.82 Å². The van der Waals surface area contributed by atoms with Crippen LogP contribution < -0.4 is 0 Å². The highest BCUT2D eigenvalue weighted by molar-refractivity contribution is 7.46. The molecule has 0 rings (SSSR count). The first-order chi connectivity index (χ1) is 22.3. The van der Waals surface area contributed by atoms with E-state index >= 15 is 0 Å². The average Bonchev–Trinajstić information content (AvgIpc) is 3.02. The van der Waals surface area contributed by atoms with Crippen molar-refractivity contribution in [1.29, 1.82) is 0 Å². The summed E-state index contributed by atoms with van der Waals surface area (Å²) < 4.78 is 26.3. The number of carbonyl (C=O) groups excluding carboxylic acids is 2. The molecule has 0 saturated heterocycles. The van der Waals surface area contributed by atoms with E-state index in [0.29, 0.717) is 12.8 Å². The zero-order valence-electron chi connectivity index (χ0n) is 29.5. The smallest absolute Gasteiger partial charge is 0.462 e. The maximum atomic E-state index is 12.3. The molecule has 9 heteroatoms. The molecule has 8 nitrogen and oxygen atoms in total. The molecule has 0 amide bonds. The second kappa shape index (κ2) is 33.4. The molecule has 1 atom stereocenters. The third-order valence-electron chi connectivity index (χ3n) is 7.94. The quantitative estimate of drug-likeness (QED) is 0.0300. The van der Waals surface area contributed by atoms with Gasteiger partial charge in [0.15, 0.2) is 6.10 Å². The molecule has 0 saturated carbocycles. The van der Waals surface area contributed by atoms with Gasteiger partial charge in [0.25, 0.3) is 0 Å². The lowest BCUT2D eigenvalue weighted by Crippen LogP contribution is -2.29. The molecule has 0 radical (unpaired) electrons. The van der Waals surface area contributed by atoms with Crippen LogP contribution in [0.3, 0.4) is 0 Å². The van der Waals surface area contributed by atoms with Crippen molar-refractivity contribution in [1.82, 2.24) is 0 Å². The third-order valence-corrected chi connectivity index (χ3v) is 8.43. The SMILES string of the molecule is CCCCCC/C=C\CCCCCCCC(=O)OC[C@H](COP(=O)(O)O)OC(=O)CCCCCCC/C=C\CCCCCCCC. The monoisotopic (exact) mass is 672 g/mol. The molecular formula is C37H69O8P. The van der Waals surface area contributed by atoms with Crippen molar-refractivity contribution in [2.75, 3.05) is 13.2 Å². The Labute approximate surface area is 281 Å². The van der Waals surface area contributed by atoms with Crippen LogP contribution in [0.4, 0.5) is 0 Å². The van der Waals surface area contributed by atoms with E-state index in [0.717, 1.165) is 64.2 Å². The first kappa shape index (κ1) is 44.5. The third kappa shape index (κ3) is 35.4. The molecule has 0 fully saturated rings. The van der Waals surface area contributed by atoms with Gasteiger partial charge < -0.3 is 19.3 Å². The van der Waals surface area contributed by atoms with E-state index in [1.54, 1.807) is 0 Å². The maximum Gasteiger partial charge on any atom is 0.469 e. The van der Waals surface area contributed by atoms with Crippen LogP contribution in [-0.2, 0) is 28.2 Å². The van der Waals surface area contributed by atoms with Crippen LogP contribution in [0.15, 0.2) is 24.3 Å². The van der Waals surface area contributed by atoms with Crippen molar-refractivity contribution < 1.29 is 37.9 Å². The predicted octanol–water partition coefficient (Wildman–Crippen LogP) is 10.8. The Balaban J connectivity index is 3.99. The Bertz CT molecular complexity index is 807. The Kier molecular flexibility index (Phi) is 32.4. The predicted molar refractivity (Wildman–Crippen MR) is 189 cm³/mol. The number of carbonyl (C=O) groups is 2. The molecule has 0 unspecified atom stereocenters. The van der Waals surface area contributed by atoms with Gasteiger partial charge in [-0.3, -0.25) is 14.1 Å². The van der Waals surface area contributed by atoms with Crippen LogP contribution in [-0.4, -0.2) is 41.0 Å². The zero-order valence-corrected chi connectivity index (χ0v) is 30.4. The largest absolute Gasteiger partial charge is 0.469 e. The lowest BCUT2D eigenvalue weighted by atomic mass is 10.1. The van der Waals surface area contributed by atoms with Crippen molar-refractivity contribution in [3.05, 3.63) is 24.3 Å². The molecule has 0 aliphatic rings. The molecule has 0 spiro atoms. The summed E-state index contributed by atoms with van der Waals surface area (Å²) in [6.45, 7) is 3.64. The molecular weight excluding hydrogens is 603 g/mol. The molecule has 2 N–H and O–H groups in total. The van der Waals surface area contributed by atoms with Crippen molar-refractivity contribution in [3.8, 4) is 0 Å². The van der Waals surface area contributed by atoms with Crippen molar-refractivity contribution in [2.45, 2.75) is 187 Å². The molecule has 0 bridgehead atoms. The second-order valence-corrected chi connectivity index (χ2v) is 13.8. The van der Waals surface area contributed by atoms with Gasteiger partial charge >= 0.3 is 19.8 Å². The van der Waals surface area contributed by atoms with Gasteiger partial charge in [0.2, 0.25) is 0 Å². The number of phosphoric ester groups is 1. The number of allylic oxidation sites excluding steroid dienone is 4. The summed E-state index contributed by atoms with van der Waals surface area (Å²) in [5, 5.41) is 0. The highest BCUT2D eigenvalue weighted by Gasteiger charge is 2.22. The molecule has 0 aliphatic carbocycles. The first-order valence-corrected chi connectivity index (χ1v) is 20.2. The summed E-state index contributed by atoms with van der Waals surface area (Å²) in [7, 11) is -4.75. The van der Waals surface area contributed by atoms with Crippen LogP contribution in [0.1, 0.15) is 181 Å². The van der Waals surface area contributed by atoms with Gasteiger partial charge in [-0.1, -0.05) is 128 Å². The second-order valence-electron chi connectivity index (χ2n) is 12.5. The summed E-state index contributed by atoms with van der Waals surface area (Å²) in [5.74, 6) is -0.903. The van der Waals surface area contributed by atoms with E-state index in [4.69, 9.17) is 19.3 Å². The normalized spacial score (nSPS) is 12.7. The van der Waals surface area contributed by atoms with E-state index in [1.807, 2.05) is 0 Å². The van der Waals surface area contributed by atoms with Crippen LogP contribution in [0.2, 0.25) is 0 Å². The molecule has 0 aromatic carbocycles. The minimum atomic E-state index is -4.75. The lowest BCUT2D eigenvalue weighted by molar-refractivity contribution is -0.161. The van der Waals surface area contributed by atoms with Gasteiger partial charge in [-0.05, 0) is 64.2 Å². The number of ether oxygens (including phenoxy) is 2. The van der Waals surface area contributed by atoms with E-state index in [1.165, 1.54) is 77.0 Å². The Morgan fingerprint density at radius 1 is 0.543 bits per heavy atom. The fourth-order valence-corrected chi connectivity index (χ4v) is 5.49. The number of phosphoric acid groups is 1. The Morgan fingerprint density at radius 3 is 1.35 bits per heavy atom. The fraction of sp³-hybridized carbons (Fsp3) is 0.838. The van der Waals surface area contributed by atoms with Gasteiger partial charge in [0.05, 0.1) is 6.61 Å². The van der Waals surface area contributed by atoms with E-state index in [-0.39, 0.29) is 19.4 Å². The number of unbranched alkanes of at least 4 members (excludes halogenated alkanes) is 20. The zero-order chi connectivity index (χ0) is 34.0. The van der Waals surface area contributed by atoms with Gasteiger partial charge in [-0.25, -0.2) is 4.57 Å². The van der Waals surface area contributed by atoms with Crippen LogP contribution in [0.25, 0.3) is 0 Å². The Hall–Kier alpha value is -1.47. The highest BCUT2D eigenvalue weighted by Crippen LogP contribution is 2.36. The lowest BCUT2D eigenvalue weighted by Gasteiger charge is -2.18.